The third kappa shape index (κ3) is 2.16. The summed E-state index contributed by atoms with van der Waals surface area (Å²) in [6, 6.07) is 3.95. The Morgan fingerprint density at radius 3 is 2.81 bits per heavy atom. The van der Waals surface area contributed by atoms with Crippen LogP contribution in [0.5, 0.6) is 0 Å². The Morgan fingerprint density at radius 1 is 1.44 bits per heavy atom. The van der Waals surface area contributed by atoms with E-state index in [1.165, 1.54) is 0 Å². The lowest BCUT2D eigenvalue weighted by Gasteiger charge is -1.97. The Bertz CT molecular complexity index is 602. The second kappa shape index (κ2) is 5.08. The fraction of sp³-hybridized carbons (Fsp3) is 0.100. The quantitative estimate of drug-likeness (QED) is 0.606. The van der Waals surface area contributed by atoms with E-state index in [1.54, 1.807) is 5.37 Å². The van der Waals surface area contributed by atoms with Crippen LogP contribution in [0.2, 0.25) is 0 Å². The van der Waals surface area contributed by atoms with E-state index in [1.807, 2.05) is 12.1 Å². The van der Waals surface area contributed by atoms with Crippen molar-refractivity contribution in [2.75, 3.05) is 0 Å². The molecule has 0 aliphatic carbocycles. The van der Waals surface area contributed by atoms with Gasteiger partial charge in [0, 0.05) is 42.2 Å². The molecule has 0 atom stereocenters. The Kier molecular flexibility index (Phi) is 3.94. The average molecular weight is 381 g/mol. The van der Waals surface area contributed by atoms with Crippen LogP contribution in [0.25, 0.3) is 10.9 Å². The number of H-pyrrole nitrogens is 1. The minimum atomic E-state index is 0.455. The Morgan fingerprint density at radius 2 is 2.19 bits per heavy atom. The smallest absolute Gasteiger partial charge is 0.0892 e. The van der Waals surface area contributed by atoms with E-state index >= 15 is 0 Å². The zero-order valence-electron chi connectivity index (χ0n) is 7.96. The molecule has 1 heterocycles. The van der Waals surface area contributed by atoms with Gasteiger partial charge < -0.3 is 4.98 Å². The van der Waals surface area contributed by atoms with Crippen LogP contribution >= 0.6 is 44.5 Å². The van der Waals surface area contributed by atoms with Gasteiger partial charge in [-0.15, -0.1) is 0 Å². The molecule has 0 amide bonds. The van der Waals surface area contributed by atoms with Crippen LogP contribution < -0.4 is 0 Å². The summed E-state index contributed by atoms with van der Waals surface area (Å²) >= 11 is 11.6. The summed E-state index contributed by atoms with van der Waals surface area (Å²) in [5.74, 6) is 0.575. The number of hydrogen-bond acceptors (Lipinski definition) is 2. The molecule has 1 aromatic heterocycles. The first-order valence-corrected chi connectivity index (χ1v) is 7.42. The average Bonchev–Trinajstić information content (AvgIpc) is 2.57. The number of nitrogens with one attached hydrogen (secondary N) is 1. The van der Waals surface area contributed by atoms with Crippen molar-refractivity contribution in [2.45, 2.75) is 5.75 Å². The molecule has 0 radical (unpaired) electrons. The van der Waals surface area contributed by atoms with Crippen molar-refractivity contribution in [1.29, 1.82) is 0 Å². The van der Waals surface area contributed by atoms with Gasteiger partial charge >= 0.3 is 0 Å². The number of aromatic amines is 1. The van der Waals surface area contributed by atoms with Crippen molar-refractivity contribution in [2.24, 2.45) is 0 Å². The number of hydrogen-bond donors (Lipinski definition) is 2. The van der Waals surface area contributed by atoms with Gasteiger partial charge in [0.25, 0.3) is 0 Å². The lowest BCUT2D eigenvalue weighted by atomic mass is 10.1. The molecule has 2 rings (SSSR count). The second-order valence-corrected chi connectivity index (χ2v) is 5.71. The van der Waals surface area contributed by atoms with E-state index < -0.39 is 0 Å². The number of rotatable bonds is 2. The molecule has 0 saturated heterocycles. The molecular weight excluding hydrogens is 374 g/mol. The molecule has 0 unspecified atom stereocenters. The first kappa shape index (κ1) is 12.4. The first-order chi connectivity index (χ1) is 7.67. The van der Waals surface area contributed by atoms with E-state index in [-0.39, 0.29) is 0 Å². The maximum absolute atomic E-state index is 10.7. The zero-order chi connectivity index (χ0) is 11.7. The van der Waals surface area contributed by atoms with Crippen molar-refractivity contribution in [3.8, 4) is 0 Å². The summed E-state index contributed by atoms with van der Waals surface area (Å²) in [5.41, 5.74) is 2.87. The third-order valence-electron chi connectivity index (χ3n) is 2.26. The van der Waals surface area contributed by atoms with E-state index in [9.17, 15) is 4.21 Å². The molecule has 0 fully saturated rings. The predicted molar refractivity (Wildman–Crippen MR) is 79.7 cm³/mol. The summed E-state index contributed by atoms with van der Waals surface area (Å²) in [6.07, 6.45) is 0. The minimum absolute atomic E-state index is 0.455. The number of benzene rings is 1. The van der Waals surface area contributed by atoms with Crippen molar-refractivity contribution in [1.82, 2.24) is 4.98 Å². The molecule has 0 spiro atoms. The highest BCUT2D eigenvalue weighted by atomic mass is 79.9. The Balaban J connectivity index is 2.89. The first-order valence-electron chi connectivity index (χ1n) is 4.39. The number of fused-ring (bicyclic) bond motifs is 1. The third-order valence-corrected chi connectivity index (χ3v) is 3.99. The van der Waals surface area contributed by atoms with E-state index in [2.05, 4.69) is 49.5 Å². The molecule has 0 saturated carbocycles. The monoisotopic (exact) mass is 379 g/mol. The Labute approximate surface area is 119 Å². The highest BCUT2D eigenvalue weighted by Crippen LogP contribution is 2.32. The minimum Gasteiger partial charge on any atom is -0.357 e. The van der Waals surface area contributed by atoms with E-state index in [4.69, 9.17) is 0 Å². The van der Waals surface area contributed by atoms with Gasteiger partial charge in [0.1, 0.15) is 0 Å². The number of aromatic nitrogens is 1. The van der Waals surface area contributed by atoms with Gasteiger partial charge in [0.2, 0.25) is 0 Å². The topological polar surface area (TPSA) is 32.9 Å². The molecule has 6 heteroatoms. The number of thiol groups is 1. The van der Waals surface area contributed by atoms with Crippen LogP contribution in [0.1, 0.15) is 11.3 Å². The van der Waals surface area contributed by atoms with E-state index in [0.717, 1.165) is 31.1 Å². The SMILES string of the molecule is O=S=Cc1c(CS)[nH]c2cc(Br)cc(Br)c12. The van der Waals surface area contributed by atoms with E-state index in [0.29, 0.717) is 17.0 Å². The largest absolute Gasteiger partial charge is 0.357 e. The molecule has 1 aromatic carbocycles. The normalized spacial score (nSPS) is 10.7. The fourth-order valence-electron chi connectivity index (χ4n) is 1.63. The van der Waals surface area contributed by atoms with Crippen LogP contribution in [0.4, 0.5) is 0 Å². The van der Waals surface area contributed by atoms with Crippen LogP contribution in [-0.2, 0) is 17.0 Å². The van der Waals surface area contributed by atoms with Crippen molar-refractivity contribution >= 4 is 72.0 Å². The standard InChI is InChI=1S/C10H7Br2NOS2/c11-5-1-7(12)10-6(4-16-14)9(3-15)13-8(10)2-5/h1-2,4,13,15H,3H2. The van der Waals surface area contributed by atoms with Crippen molar-refractivity contribution < 1.29 is 4.21 Å². The van der Waals surface area contributed by atoms with Crippen LogP contribution in [0.3, 0.4) is 0 Å². The molecule has 0 aliphatic rings. The molecule has 0 aliphatic heterocycles. The molecule has 84 valence electrons. The Hall–Kier alpha value is -0.0400. The molecule has 2 nitrogen and oxygen atoms in total. The highest BCUT2D eigenvalue weighted by molar-refractivity contribution is 9.11. The predicted octanol–water partition coefficient (Wildman–Crippen LogP) is 3.49. The lowest BCUT2D eigenvalue weighted by Crippen LogP contribution is -1.86. The molecular formula is C10H7Br2NOS2. The highest BCUT2D eigenvalue weighted by Gasteiger charge is 2.12. The van der Waals surface area contributed by atoms with Gasteiger partial charge in [-0.05, 0) is 12.1 Å². The van der Waals surface area contributed by atoms with Crippen LogP contribution in [0, 0.1) is 0 Å². The summed E-state index contributed by atoms with van der Waals surface area (Å²) in [4.78, 5) is 3.26. The van der Waals surface area contributed by atoms with Gasteiger partial charge in [-0.1, -0.05) is 31.9 Å². The zero-order valence-corrected chi connectivity index (χ0v) is 12.8. The second-order valence-electron chi connectivity index (χ2n) is 3.20. The summed E-state index contributed by atoms with van der Waals surface area (Å²) < 4.78 is 12.6. The molecule has 16 heavy (non-hydrogen) atoms. The summed E-state index contributed by atoms with van der Waals surface area (Å²) in [5, 5.41) is 2.62. The van der Waals surface area contributed by atoms with Crippen LogP contribution in [-0.4, -0.2) is 14.6 Å². The maximum atomic E-state index is 10.7. The van der Waals surface area contributed by atoms with Gasteiger partial charge in [-0.3, -0.25) is 0 Å². The molecule has 0 bridgehead atoms. The lowest BCUT2D eigenvalue weighted by molar-refractivity contribution is 0.701. The summed E-state index contributed by atoms with van der Waals surface area (Å²) in [7, 11) is 0. The molecule has 1 N–H and O–H groups in total. The van der Waals surface area contributed by atoms with Crippen molar-refractivity contribution in [3.63, 3.8) is 0 Å². The van der Waals surface area contributed by atoms with Crippen LogP contribution in [0.15, 0.2) is 21.1 Å². The number of halogens is 2. The van der Waals surface area contributed by atoms with Gasteiger partial charge in [-0.25, -0.2) is 4.21 Å². The van der Waals surface area contributed by atoms with Gasteiger partial charge in [0.05, 0.1) is 11.3 Å². The molecule has 2 aromatic rings. The summed E-state index contributed by atoms with van der Waals surface area (Å²) in [6.45, 7) is 0. The fourth-order valence-corrected chi connectivity index (χ4v) is 3.67. The van der Waals surface area contributed by atoms with Gasteiger partial charge in [0.15, 0.2) is 0 Å². The van der Waals surface area contributed by atoms with Crippen molar-refractivity contribution in [3.05, 3.63) is 32.3 Å². The maximum Gasteiger partial charge on any atom is 0.0892 e. The van der Waals surface area contributed by atoms with Gasteiger partial charge in [-0.2, -0.15) is 12.6 Å².